The highest BCUT2D eigenvalue weighted by atomic mass is 32.2. The van der Waals surface area contributed by atoms with Gasteiger partial charge in [0.15, 0.2) is 0 Å². The first kappa shape index (κ1) is 16.5. The zero-order valence-electron chi connectivity index (χ0n) is 11.8. The Morgan fingerprint density at radius 2 is 1.85 bits per heavy atom. The monoisotopic (exact) mass is 299 g/mol. The fraction of sp³-hybridized carbons (Fsp3) is 0.462. The molecule has 0 aliphatic carbocycles. The van der Waals surface area contributed by atoms with E-state index in [1.54, 1.807) is 23.1 Å². The fourth-order valence-electron chi connectivity index (χ4n) is 1.90. The van der Waals surface area contributed by atoms with Crippen molar-refractivity contribution in [3.63, 3.8) is 0 Å². The number of rotatable bonds is 7. The van der Waals surface area contributed by atoms with Gasteiger partial charge < -0.3 is 10.2 Å². The standard InChI is InChI=1S/C13H21N3O3S/c1-3-16(4-2)13(17)9-10-15-11-7-5-6-8-12(11)20(14,18)19/h5-8,15H,3-4,9-10H2,1-2H3,(H2,14,18,19). The van der Waals surface area contributed by atoms with Crippen LogP contribution in [0, 0.1) is 0 Å². The van der Waals surface area contributed by atoms with Crippen molar-refractivity contribution >= 4 is 21.6 Å². The molecule has 0 aromatic heterocycles. The number of hydrogen-bond donors (Lipinski definition) is 2. The second kappa shape index (κ2) is 7.25. The molecule has 0 aliphatic rings. The van der Waals surface area contributed by atoms with Gasteiger partial charge in [-0.15, -0.1) is 0 Å². The number of primary sulfonamides is 1. The predicted octanol–water partition coefficient (Wildman–Crippen LogP) is 1.00. The summed E-state index contributed by atoms with van der Waals surface area (Å²) in [4.78, 5) is 13.6. The lowest BCUT2D eigenvalue weighted by Gasteiger charge is -2.19. The topological polar surface area (TPSA) is 92.5 Å². The smallest absolute Gasteiger partial charge is 0.240 e. The molecule has 6 nitrogen and oxygen atoms in total. The van der Waals surface area contributed by atoms with Gasteiger partial charge >= 0.3 is 0 Å². The third-order valence-corrected chi connectivity index (χ3v) is 3.93. The second-order valence-electron chi connectivity index (χ2n) is 4.28. The van der Waals surface area contributed by atoms with Gasteiger partial charge in [-0.3, -0.25) is 4.79 Å². The fourth-order valence-corrected chi connectivity index (χ4v) is 2.61. The third kappa shape index (κ3) is 4.50. The largest absolute Gasteiger partial charge is 0.383 e. The van der Waals surface area contributed by atoms with E-state index in [0.717, 1.165) is 0 Å². The number of benzene rings is 1. The van der Waals surface area contributed by atoms with Crippen LogP contribution < -0.4 is 10.5 Å². The summed E-state index contributed by atoms with van der Waals surface area (Å²) in [5.41, 5.74) is 0.419. The molecule has 20 heavy (non-hydrogen) atoms. The highest BCUT2D eigenvalue weighted by molar-refractivity contribution is 7.89. The molecule has 0 heterocycles. The Bertz CT molecular complexity index is 554. The van der Waals surface area contributed by atoms with Gasteiger partial charge in [0, 0.05) is 26.1 Å². The van der Waals surface area contributed by atoms with Crippen LogP contribution in [-0.2, 0) is 14.8 Å². The summed E-state index contributed by atoms with van der Waals surface area (Å²) in [7, 11) is -3.77. The van der Waals surface area contributed by atoms with Crippen molar-refractivity contribution in [3.8, 4) is 0 Å². The van der Waals surface area contributed by atoms with Crippen LogP contribution in [-0.4, -0.2) is 38.9 Å². The maximum absolute atomic E-state index is 11.8. The lowest BCUT2D eigenvalue weighted by atomic mass is 10.3. The first-order valence-electron chi connectivity index (χ1n) is 6.53. The number of amides is 1. The van der Waals surface area contributed by atoms with E-state index >= 15 is 0 Å². The van der Waals surface area contributed by atoms with E-state index in [-0.39, 0.29) is 10.8 Å². The minimum absolute atomic E-state index is 0.0373. The van der Waals surface area contributed by atoms with Gasteiger partial charge in [0.1, 0.15) is 4.90 Å². The molecule has 1 aromatic carbocycles. The number of hydrogen-bond acceptors (Lipinski definition) is 4. The number of nitrogens with one attached hydrogen (secondary N) is 1. The number of nitrogens with zero attached hydrogens (tertiary/aromatic N) is 1. The van der Waals surface area contributed by atoms with Crippen LogP contribution in [0.3, 0.4) is 0 Å². The average molecular weight is 299 g/mol. The van der Waals surface area contributed by atoms with E-state index in [1.807, 2.05) is 13.8 Å². The van der Waals surface area contributed by atoms with Gasteiger partial charge in [-0.25, -0.2) is 13.6 Å². The third-order valence-electron chi connectivity index (χ3n) is 2.96. The summed E-state index contributed by atoms with van der Waals surface area (Å²) >= 11 is 0. The van der Waals surface area contributed by atoms with Gasteiger partial charge in [-0.2, -0.15) is 0 Å². The quantitative estimate of drug-likeness (QED) is 0.785. The highest BCUT2D eigenvalue weighted by Gasteiger charge is 2.14. The second-order valence-corrected chi connectivity index (χ2v) is 5.81. The lowest BCUT2D eigenvalue weighted by Crippen LogP contribution is -2.31. The molecule has 0 atom stereocenters. The van der Waals surface area contributed by atoms with Gasteiger partial charge in [0.2, 0.25) is 15.9 Å². The number of sulfonamides is 1. The summed E-state index contributed by atoms with van der Waals surface area (Å²) in [6, 6.07) is 6.38. The summed E-state index contributed by atoms with van der Waals surface area (Å²) in [6.07, 6.45) is 0.306. The van der Waals surface area contributed by atoms with Gasteiger partial charge in [0.25, 0.3) is 0 Å². The maximum atomic E-state index is 11.8. The van der Waals surface area contributed by atoms with Crippen LogP contribution in [0.1, 0.15) is 20.3 Å². The Kier molecular flexibility index (Phi) is 5.97. The minimum atomic E-state index is -3.77. The molecule has 3 N–H and O–H groups in total. The van der Waals surface area contributed by atoms with Gasteiger partial charge in [-0.05, 0) is 26.0 Å². The van der Waals surface area contributed by atoms with Crippen LogP contribution in [0.4, 0.5) is 5.69 Å². The SMILES string of the molecule is CCN(CC)C(=O)CCNc1ccccc1S(N)(=O)=O. The molecule has 0 bridgehead atoms. The zero-order valence-corrected chi connectivity index (χ0v) is 12.6. The number of nitrogens with two attached hydrogens (primary N) is 1. The van der Waals surface area contributed by atoms with Crippen molar-refractivity contribution in [1.29, 1.82) is 0 Å². The van der Waals surface area contributed by atoms with Gasteiger partial charge in [0.05, 0.1) is 5.69 Å². The molecule has 0 saturated carbocycles. The predicted molar refractivity (Wildman–Crippen MR) is 78.8 cm³/mol. The Morgan fingerprint density at radius 3 is 2.40 bits per heavy atom. The Morgan fingerprint density at radius 1 is 1.25 bits per heavy atom. The van der Waals surface area contributed by atoms with Crippen LogP contribution >= 0.6 is 0 Å². The van der Waals surface area contributed by atoms with E-state index in [2.05, 4.69) is 5.32 Å². The number of carbonyl (C=O) groups is 1. The van der Waals surface area contributed by atoms with Crippen molar-refractivity contribution in [1.82, 2.24) is 4.90 Å². The average Bonchev–Trinajstić information content (AvgIpc) is 2.39. The summed E-state index contributed by atoms with van der Waals surface area (Å²) in [5.74, 6) is 0.0376. The molecule has 0 aliphatic heterocycles. The Hall–Kier alpha value is -1.60. The van der Waals surface area contributed by atoms with Gasteiger partial charge in [-0.1, -0.05) is 12.1 Å². The first-order chi connectivity index (χ1) is 9.40. The van der Waals surface area contributed by atoms with E-state index in [9.17, 15) is 13.2 Å². The zero-order chi connectivity index (χ0) is 15.2. The van der Waals surface area contributed by atoms with Crippen molar-refractivity contribution in [3.05, 3.63) is 24.3 Å². The molecule has 7 heteroatoms. The normalized spacial score (nSPS) is 11.2. The van der Waals surface area contributed by atoms with Crippen molar-refractivity contribution in [2.75, 3.05) is 25.0 Å². The molecule has 112 valence electrons. The van der Waals surface area contributed by atoms with E-state index in [4.69, 9.17) is 5.14 Å². The summed E-state index contributed by atoms with van der Waals surface area (Å²) in [5, 5.41) is 8.08. The maximum Gasteiger partial charge on any atom is 0.240 e. The molecule has 0 saturated heterocycles. The Labute approximate surface area is 120 Å². The van der Waals surface area contributed by atoms with Crippen LogP contribution in [0.2, 0.25) is 0 Å². The molecule has 0 spiro atoms. The number of para-hydroxylation sites is 1. The van der Waals surface area contributed by atoms with Crippen LogP contribution in [0.25, 0.3) is 0 Å². The molecule has 0 unspecified atom stereocenters. The van der Waals surface area contributed by atoms with E-state index < -0.39 is 10.0 Å². The van der Waals surface area contributed by atoms with Crippen LogP contribution in [0.15, 0.2) is 29.2 Å². The molecule has 0 fully saturated rings. The lowest BCUT2D eigenvalue weighted by molar-refractivity contribution is -0.130. The molecular weight excluding hydrogens is 278 g/mol. The minimum Gasteiger partial charge on any atom is -0.383 e. The summed E-state index contributed by atoms with van der Waals surface area (Å²) in [6.45, 7) is 5.55. The van der Waals surface area contributed by atoms with Crippen molar-refractivity contribution in [2.45, 2.75) is 25.2 Å². The number of carbonyl (C=O) groups excluding carboxylic acids is 1. The highest BCUT2D eigenvalue weighted by Crippen LogP contribution is 2.19. The first-order valence-corrected chi connectivity index (χ1v) is 8.08. The van der Waals surface area contributed by atoms with E-state index in [0.29, 0.717) is 31.7 Å². The van der Waals surface area contributed by atoms with Crippen LogP contribution in [0.5, 0.6) is 0 Å². The van der Waals surface area contributed by atoms with Crippen molar-refractivity contribution < 1.29 is 13.2 Å². The summed E-state index contributed by atoms with van der Waals surface area (Å²) < 4.78 is 22.8. The van der Waals surface area contributed by atoms with E-state index in [1.165, 1.54) is 6.07 Å². The molecule has 0 radical (unpaired) electrons. The molecular formula is C13H21N3O3S. The number of anilines is 1. The molecule has 1 amide bonds. The molecule has 1 rings (SSSR count). The van der Waals surface area contributed by atoms with Crippen molar-refractivity contribution in [2.24, 2.45) is 5.14 Å². The molecule has 1 aromatic rings. The Balaban J connectivity index is 2.66.